The van der Waals surface area contributed by atoms with Crippen molar-refractivity contribution in [2.45, 2.75) is 32.9 Å². The van der Waals surface area contributed by atoms with Crippen LogP contribution in [0.4, 0.5) is 0 Å². The van der Waals surface area contributed by atoms with Gasteiger partial charge in [0.25, 0.3) is 11.8 Å². The highest BCUT2D eigenvalue weighted by molar-refractivity contribution is 9.10. The van der Waals surface area contributed by atoms with Crippen molar-refractivity contribution >= 4 is 68.8 Å². The highest BCUT2D eigenvalue weighted by Gasteiger charge is 2.22. The van der Waals surface area contributed by atoms with E-state index in [1.807, 2.05) is 26.0 Å². The minimum atomic E-state index is -0.748. The molecule has 3 aromatic carbocycles. The molecule has 0 aliphatic carbocycles. The summed E-state index contributed by atoms with van der Waals surface area (Å²) in [6.07, 6.45) is 1.96. The Morgan fingerprint density at radius 2 is 1.70 bits per heavy atom. The number of hydrazone groups is 1. The summed E-state index contributed by atoms with van der Waals surface area (Å²) >= 11 is 21.5. The number of carbonyl (C=O) groups excluding carboxylic acids is 2. The summed E-state index contributed by atoms with van der Waals surface area (Å²) in [5.74, 6) is 0.0255. The first kappa shape index (κ1) is 29.0. The number of ether oxygens (including phenoxy) is 1. The zero-order valence-corrected chi connectivity index (χ0v) is 24.0. The van der Waals surface area contributed by atoms with Crippen LogP contribution in [0, 0.1) is 5.92 Å². The SMILES string of the molecule is CC(C)CC(NC(=O)c1ccc(Cl)cc1)C(=O)N/N=C/c1ccc(OCc2ccc(Cl)cc2Cl)c(Br)c1. The number of carbonyl (C=O) groups is 2. The van der Waals surface area contributed by atoms with Crippen molar-refractivity contribution in [2.75, 3.05) is 0 Å². The van der Waals surface area contributed by atoms with E-state index in [0.29, 0.717) is 37.3 Å². The number of hydrogen-bond acceptors (Lipinski definition) is 4. The van der Waals surface area contributed by atoms with Gasteiger partial charge in [0.15, 0.2) is 0 Å². The first-order valence-corrected chi connectivity index (χ1v) is 13.3. The normalized spacial score (nSPS) is 12.0. The van der Waals surface area contributed by atoms with Gasteiger partial charge < -0.3 is 10.1 Å². The van der Waals surface area contributed by atoms with Gasteiger partial charge in [-0.15, -0.1) is 0 Å². The summed E-state index contributed by atoms with van der Waals surface area (Å²) < 4.78 is 6.56. The van der Waals surface area contributed by atoms with Gasteiger partial charge in [-0.2, -0.15) is 5.10 Å². The van der Waals surface area contributed by atoms with Crippen LogP contribution in [-0.4, -0.2) is 24.1 Å². The summed E-state index contributed by atoms with van der Waals surface area (Å²) in [5.41, 5.74) is 4.48. The average molecular weight is 626 g/mol. The van der Waals surface area contributed by atoms with E-state index >= 15 is 0 Å². The van der Waals surface area contributed by atoms with E-state index in [-0.39, 0.29) is 18.4 Å². The van der Waals surface area contributed by atoms with Crippen LogP contribution in [0.5, 0.6) is 5.75 Å². The number of halogens is 4. The molecular formula is C27H25BrCl3N3O3. The number of benzene rings is 3. The van der Waals surface area contributed by atoms with Crippen molar-refractivity contribution in [1.29, 1.82) is 0 Å². The Hall–Kier alpha value is -2.58. The molecule has 0 saturated carbocycles. The molecule has 194 valence electrons. The molecule has 2 N–H and O–H groups in total. The molecule has 0 spiro atoms. The zero-order valence-electron chi connectivity index (χ0n) is 20.1. The van der Waals surface area contributed by atoms with E-state index in [2.05, 4.69) is 31.8 Å². The Bertz CT molecular complexity index is 1280. The van der Waals surface area contributed by atoms with Crippen molar-refractivity contribution in [3.8, 4) is 5.75 Å². The van der Waals surface area contributed by atoms with Gasteiger partial charge in [0, 0.05) is 26.2 Å². The zero-order chi connectivity index (χ0) is 26.9. The monoisotopic (exact) mass is 623 g/mol. The van der Waals surface area contributed by atoms with Crippen molar-refractivity contribution in [1.82, 2.24) is 10.7 Å². The fourth-order valence-corrected chi connectivity index (χ4v) is 4.40. The number of rotatable bonds is 10. The van der Waals surface area contributed by atoms with Crippen molar-refractivity contribution in [3.05, 3.63) is 96.9 Å². The van der Waals surface area contributed by atoms with Crippen LogP contribution in [0.25, 0.3) is 0 Å². The molecule has 0 aliphatic rings. The molecular weight excluding hydrogens is 601 g/mol. The minimum Gasteiger partial charge on any atom is -0.488 e. The Morgan fingerprint density at radius 3 is 2.35 bits per heavy atom. The molecule has 0 fully saturated rings. The molecule has 0 bridgehead atoms. The minimum absolute atomic E-state index is 0.177. The van der Waals surface area contributed by atoms with Crippen molar-refractivity contribution in [2.24, 2.45) is 11.0 Å². The molecule has 1 atom stereocenters. The molecule has 0 saturated heterocycles. The van der Waals surface area contributed by atoms with Crippen LogP contribution in [-0.2, 0) is 11.4 Å². The third-order valence-electron chi connectivity index (χ3n) is 5.18. The van der Waals surface area contributed by atoms with E-state index in [1.54, 1.807) is 48.5 Å². The van der Waals surface area contributed by atoms with Gasteiger partial charge in [-0.05, 0) is 88.4 Å². The van der Waals surface area contributed by atoms with Gasteiger partial charge in [-0.25, -0.2) is 5.43 Å². The van der Waals surface area contributed by atoms with Gasteiger partial charge in [-0.3, -0.25) is 9.59 Å². The maximum absolute atomic E-state index is 12.8. The molecule has 1 unspecified atom stereocenters. The van der Waals surface area contributed by atoms with Gasteiger partial charge >= 0.3 is 0 Å². The van der Waals surface area contributed by atoms with Gasteiger partial charge in [0.05, 0.1) is 10.7 Å². The van der Waals surface area contributed by atoms with Gasteiger partial charge in [0.1, 0.15) is 18.4 Å². The lowest BCUT2D eigenvalue weighted by Gasteiger charge is -2.19. The highest BCUT2D eigenvalue weighted by Crippen LogP contribution is 2.28. The number of nitrogens with zero attached hydrogens (tertiary/aromatic N) is 1. The van der Waals surface area contributed by atoms with Gasteiger partial charge in [0.2, 0.25) is 0 Å². The fourth-order valence-electron chi connectivity index (χ4n) is 3.30. The van der Waals surface area contributed by atoms with E-state index in [9.17, 15) is 9.59 Å². The Kier molecular flexibility index (Phi) is 10.8. The van der Waals surface area contributed by atoms with Crippen LogP contribution in [0.1, 0.15) is 41.8 Å². The lowest BCUT2D eigenvalue weighted by molar-refractivity contribution is -0.123. The third-order valence-corrected chi connectivity index (χ3v) is 6.64. The van der Waals surface area contributed by atoms with Crippen LogP contribution < -0.4 is 15.5 Å². The van der Waals surface area contributed by atoms with Gasteiger partial charge in [-0.1, -0.05) is 54.7 Å². The lowest BCUT2D eigenvalue weighted by atomic mass is 10.0. The summed E-state index contributed by atoms with van der Waals surface area (Å²) in [4.78, 5) is 25.4. The topological polar surface area (TPSA) is 79.8 Å². The Balaban J connectivity index is 1.59. The smallest absolute Gasteiger partial charge is 0.262 e. The summed E-state index contributed by atoms with van der Waals surface area (Å²) in [6.45, 7) is 4.22. The highest BCUT2D eigenvalue weighted by atomic mass is 79.9. The number of nitrogens with one attached hydrogen (secondary N) is 2. The predicted octanol–water partition coefficient (Wildman–Crippen LogP) is 7.28. The molecule has 0 heterocycles. The van der Waals surface area contributed by atoms with Crippen LogP contribution in [0.2, 0.25) is 15.1 Å². The van der Waals surface area contributed by atoms with Crippen LogP contribution >= 0.6 is 50.7 Å². The number of hydrogen-bond donors (Lipinski definition) is 2. The molecule has 0 aromatic heterocycles. The second-order valence-corrected chi connectivity index (χ2v) is 10.7. The van der Waals surface area contributed by atoms with Crippen LogP contribution in [0.15, 0.2) is 70.2 Å². The van der Waals surface area contributed by atoms with E-state index in [0.717, 1.165) is 11.1 Å². The molecule has 3 rings (SSSR count). The summed E-state index contributed by atoms with van der Waals surface area (Å²) in [7, 11) is 0. The second kappa shape index (κ2) is 13.8. The van der Waals surface area contributed by atoms with Crippen LogP contribution in [0.3, 0.4) is 0 Å². The first-order chi connectivity index (χ1) is 17.6. The third kappa shape index (κ3) is 9.04. The summed E-state index contributed by atoms with van der Waals surface area (Å²) in [6, 6.07) is 16.3. The standard InChI is InChI=1S/C27H25BrCl3N3O3/c1-16(2)11-24(33-26(35)18-4-7-20(29)8-5-18)27(36)34-32-14-17-3-10-25(22(28)12-17)37-15-19-6-9-21(30)13-23(19)31/h3-10,12-14,16,24H,11,15H2,1-2H3,(H,33,35)(H,34,36)/b32-14+. The Labute approximate surface area is 239 Å². The van der Waals surface area contributed by atoms with E-state index < -0.39 is 11.9 Å². The molecule has 0 aliphatic heterocycles. The maximum Gasteiger partial charge on any atom is 0.262 e. The van der Waals surface area contributed by atoms with E-state index in [1.165, 1.54) is 6.21 Å². The predicted molar refractivity (Wildman–Crippen MR) is 153 cm³/mol. The summed E-state index contributed by atoms with van der Waals surface area (Å²) in [5, 5.41) is 8.45. The first-order valence-electron chi connectivity index (χ1n) is 11.4. The lowest BCUT2D eigenvalue weighted by Crippen LogP contribution is -2.46. The van der Waals surface area contributed by atoms with Crippen molar-refractivity contribution < 1.29 is 14.3 Å². The molecule has 10 heteroatoms. The maximum atomic E-state index is 12.8. The van der Waals surface area contributed by atoms with E-state index in [4.69, 9.17) is 39.5 Å². The second-order valence-electron chi connectivity index (χ2n) is 8.61. The Morgan fingerprint density at radius 1 is 1.00 bits per heavy atom. The van der Waals surface area contributed by atoms with Crippen molar-refractivity contribution in [3.63, 3.8) is 0 Å². The fraction of sp³-hybridized carbons (Fsp3) is 0.222. The largest absolute Gasteiger partial charge is 0.488 e. The number of amides is 2. The molecule has 37 heavy (non-hydrogen) atoms. The molecule has 2 amide bonds. The molecule has 6 nitrogen and oxygen atoms in total. The molecule has 0 radical (unpaired) electrons. The quantitative estimate of drug-likeness (QED) is 0.184. The average Bonchev–Trinajstić information content (AvgIpc) is 2.84. The molecule has 3 aromatic rings.